The maximum atomic E-state index is 12.6. The van der Waals surface area contributed by atoms with Gasteiger partial charge < -0.3 is 14.8 Å². The van der Waals surface area contributed by atoms with Gasteiger partial charge in [-0.2, -0.15) is 4.31 Å². The lowest BCUT2D eigenvalue weighted by atomic mass is 10.2. The molecule has 29 heavy (non-hydrogen) atoms. The number of methoxy groups -OCH3 is 1. The molecule has 1 aromatic heterocycles. The van der Waals surface area contributed by atoms with Crippen LogP contribution in [-0.4, -0.2) is 57.0 Å². The topological polar surface area (TPSA) is 97.8 Å². The summed E-state index contributed by atoms with van der Waals surface area (Å²) in [6.45, 7) is 2.08. The molecule has 0 radical (unpaired) electrons. The first-order chi connectivity index (χ1) is 14.0. The number of nitrogens with one attached hydrogen (secondary N) is 1. The van der Waals surface area contributed by atoms with E-state index in [1.54, 1.807) is 49.7 Å². The summed E-state index contributed by atoms with van der Waals surface area (Å²) in [5.74, 6) is -0.0756. The van der Waals surface area contributed by atoms with E-state index in [-0.39, 0.29) is 23.2 Å². The Hall–Kier alpha value is -2.49. The van der Waals surface area contributed by atoms with Crippen LogP contribution in [0.3, 0.4) is 0 Å². The number of carbonyl (C=O) groups is 1. The van der Waals surface area contributed by atoms with E-state index >= 15 is 0 Å². The monoisotopic (exact) mass is 419 g/mol. The molecule has 1 aliphatic heterocycles. The Balaban J connectivity index is 1.61. The summed E-state index contributed by atoms with van der Waals surface area (Å²) in [4.78, 5) is 16.9. The minimum absolute atomic E-state index is 0.245. The van der Waals surface area contributed by atoms with Crippen molar-refractivity contribution >= 4 is 15.9 Å². The number of hydrogen-bond donors (Lipinski definition) is 1. The van der Waals surface area contributed by atoms with Crippen molar-refractivity contribution in [2.75, 3.05) is 33.4 Å². The van der Waals surface area contributed by atoms with Gasteiger partial charge in [0.1, 0.15) is 12.2 Å². The zero-order chi connectivity index (χ0) is 20.7. The first-order valence-electron chi connectivity index (χ1n) is 9.46. The molecule has 0 atom stereocenters. The van der Waals surface area contributed by atoms with E-state index in [9.17, 15) is 13.2 Å². The van der Waals surface area contributed by atoms with E-state index in [0.29, 0.717) is 31.9 Å². The molecule has 1 aliphatic rings. The third kappa shape index (κ3) is 5.31. The molecule has 0 bridgehead atoms. The molecule has 156 valence electrons. The number of pyridine rings is 1. The molecular weight excluding hydrogens is 394 g/mol. The Labute approximate surface area is 170 Å². The number of sulfonamides is 1. The van der Waals surface area contributed by atoms with Crippen molar-refractivity contribution in [1.82, 2.24) is 14.6 Å². The minimum Gasteiger partial charge on any atom is -0.475 e. The van der Waals surface area contributed by atoms with Gasteiger partial charge in [-0.25, -0.2) is 13.4 Å². The van der Waals surface area contributed by atoms with E-state index in [1.807, 2.05) is 0 Å². The van der Waals surface area contributed by atoms with Crippen molar-refractivity contribution < 1.29 is 22.7 Å². The molecule has 1 fully saturated rings. The third-order valence-corrected chi connectivity index (χ3v) is 6.53. The average Bonchev–Trinajstić information content (AvgIpc) is 3.29. The number of nitrogens with zero attached hydrogens (tertiary/aromatic N) is 2. The van der Waals surface area contributed by atoms with Crippen LogP contribution in [0.25, 0.3) is 0 Å². The molecule has 1 N–H and O–H groups in total. The van der Waals surface area contributed by atoms with Crippen LogP contribution in [0.5, 0.6) is 5.88 Å². The molecule has 3 rings (SSSR count). The summed E-state index contributed by atoms with van der Waals surface area (Å²) < 4.78 is 37.1. The van der Waals surface area contributed by atoms with Crippen molar-refractivity contribution in [2.45, 2.75) is 24.3 Å². The number of hydrogen-bond acceptors (Lipinski definition) is 6. The first kappa shape index (κ1) is 21.2. The molecule has 1 amide bonds. The normalized spacial score (nSPS) is 14.7. The van der Waals surface area contributed by atoms with Gasteiger partial charge in [0.25, 0.3) is 5.91 Å². The minimum atomic E-state index is -3.44. The van der Waals surface area contributed by atoms with Gasteiger partial charge in [0, 0.05) is 32.9 Å². The Morgan fingerprint density at radius 3 is 2.55 bits per heavy atom. The third-order valence-electron chi connectivity index (χ3n) is 4.62. The molecule has 8 nitrogen and oxygen atoms in total. The van der Waals surface area contributed by atoms with Crippen LogP contribution in [0.4, 0.5) is 0 Å². The molecule has 0 unspecified atom stereocenters. The van der Waals surface area contributed by atoms with E-state index in [2.05, 4.69) is 10.3 Å². The second-order valence-corrected chi connectivity index (χ2v) is 8.57. The summed E-state index contributed by atoms with van der Waals surface area (Å²) >= 11 is 0. The highest BCUT2D eigenvalue weighted by Crippen LogP contribution is 2.21. The lowest BCUT2D eigenvalue weighted by Crippen LogP contribution is -2.28. The number of rotatable bonds is 9. The predicted molar refractivity (Wildman–Crippen MR) is 107 cm³/mol. The molecule has 0 spiro atoms. The molecule has 1 saturated heterocycles. The smallest absolute Gasteiger partial charge is 0.257 e. The van der Waals surface area contributed by atoms with Crippen LogP contribution >= 0.6 is 0 Å². The SMILES string of the molecule is COCCOc1ncccc1C(=O)NCc1ccc(S(=O)(=O)N2CCCC2)cc1. The van der Waals surface area contributed by atoms with Crippen LogP contribution in [0.1, 0.15) is 28.8 Å². The molecule has 9 heteroatoms. The number of carbonyl (C=O) groups excluding carboxylic acids is 1. The van der Waals surface area contributed by atoms with E-state index in [4.69, 9.17) is 9.47 Å². The second kappa shape index (κ2) is 9.82. The van der Waals surface area contributed by atoms with Gasteiger partial charge in [0.15, 0.2) is 0 Å². The van der Waals surface area contributed by atoms with Crippen LogP contribution in [0.15, 0.2) is 47.5 Å². The van der Waals surface area contributed by atoms with Crippen molar-refractivity contribution in [3.63, 3.8) is 0 Å². The maximum absolute atomic E-state index is 12.6. The van der Waals surface area contributed by atoms with Crippen molar-refractivity contribution in [3.05, 3.63) is 53.7 Å². The number of aromatic nitrogens is 1. The predicted octanol–water partition coefficient (Wildman–Crippen LogP) is 1.82. The average molecular weight is 420 g/mol. The summed E-state index contributed by atoms with van der Waals surface area (Å²) in [5, 5.41) is 2.81. The number of amides is 1. The summed E-state index contributed by atoms with van der Waals surface area (Å²) in [6.07, 6.45) is 3.35. The van der Waals surface area contributed by atoms with Gasteiger partial charge in [0.2, 0.25) is 15.9 Å². The molecule has 2 heterocycles. The molecular formula is C20H25N3O5S. The van der Waals surface area contributed by atoms with Gasteiger partial charge in [-0.3, -0.25) is 4.79 Å². The van der Waals surface area contributed by atoms with Crippen LogP contribution in [-0.2, 0) is 21.3 Å². The highest BCUT2D eigenvalue weighted by molar-refractivity contribution is 7.89. The quantitative estimate of drug-likeness (QED) is 0.623. The molecule has 2 aromatic rings. The summed E-state index contributed by atoms with van der Waals surface area (Å²) in [7, 11) is -1.87. The zero-order valence-electron chi connectivity index (χ0n) is 16.3. The Morgan fingerprint density at radius 1 is 1.14 bits per heavy atom. The summed E-state index contributed by atoms with van der Waals surface area (Å²) in [6, 6.07) is 9.88. The van der Waals surface area contributed by atoms with Gasteiger partial charge in [-0.15, -0.1) is 0 Å². The van der Waals surface area contributed by atoms with Crippen molar-refractivity contribution in [1.29, 1.82) is 0 Å². The number of ether oxygens (including phenoxy) is 2. The Bertz CT molecular complexity index is 925. The lowest BCUT2D eigenvalue weighted by Gasteiger charge is -2.15. The Kier molecular flexibility index (Phi) is 7.18. The fraction of sp³-hybridized carbons (Fsp3) is 0.400. The van der Waals surface area contributed by atoms with Gasteiger partial charge in [-0.1, -0.05) is 12.1 Å². The van der Waals surface area contributed by atoms with Crippen molar-refractivity contribution in [2.24, 2.45) is 0 Å². The zero-order valence-corrected chi connectivity index (χ0v) is 17.2. The van der Waals surface area contributed by atoms with E-state index < -0.39 is 10.0 Å². The van der Waals surface area contributed by atoms with Gasteiger partial charge >= 0.3 is 0 Å². The second-order valence-electron chi connectivity index (χ2n) is 6.64. The fourth-order valence-electron chi connectivity index (χ4n) is 3.03. The largest absolute Gasteiger partial charge is 0.475 e. The van der Waals surface area contributed by atoms with Crippen LogP contribution in [0, 0.1) is 0 Å². The first-order valence-corrected chi connectivity index (χ1v) is 10.9. The van der Waals surface area contributed by atoms with Gasteiger partial charge in [-0.05, 0) is 42.7 Å². The number of benzene rings is 1. The molecule has 0 saturated carbocycles. The van der Waals surface area contributed by atoms with E-state index in [0.717, 1.165) is 18.4 Å². The van der Waals surface area contributed by atoms with Crippen LogP contribution in [0.2, 0.25) is 0 Å². The Morgan fingerprint density at radius 2 is 1.86 bits per heavy atom. The fourth-order valence-corrected chi connectivity index (χ4v) is 4.55. The lowest BCUT2D eigenvalue weighted by molar-refractivity contribution is 0.0941. The maximum Gasteiger partial charge on any atom is 0.257 e. The summed E-state index contributed by atoms with van der Waals surface area (Å²) in [5.41, 5.74) is 1.13. The molecule has 0 aliphatic carbocycles. The highest BCUT2D eigenvalue weighted by atomic mass is 32.2. The van der Waals surface area contributed by atoms with E-state index in [1.165, 1.54) is 4.31 Å². The molecule has 1 aromatic carbocycles. The standard InChI is InChI=1S/C20H25N3O5S/c1-27-13-14-28-20-18(5-4-10-21-20)19(24)22-15-16-6-8-17(9-7-16)29(25,26)23-11-2-3-12-23/h4-10H,2-3,11-15H2,1H3,(H,22,24). The van der Waals surface area contributed by atoms with Crippen LogP contribution < -0.4 is 10.1 Å². The highest BCUT2D eigenvalue weighted by Gasteiger charge is 2.26. The van der Waals surface area contributed by atoms with Gasteiger partial charge in [0.05, 0.1) is 11.5 Å². The van der Waals surface area contributed by atoms with Crippen molar-refractivity contribution in [3.8, 4) is 5.88 Å².